The maximum Gasteiger partial charge on any atom is 0.573 e. The monoisotopic (exact) mass is 394 g/mol. The summed E-state index contributed by atoms with van der Waals surface area (Å²) in [6.45, 7) is 0. The number of nitrogens with one attached hydrogen (secondary N) is 1. The van der Waals surface area contributed by atoms with E-state index in [0.29, 0.717) is 11.4 Å². The van der Waals surface area contributed by atoms with Gasteiger partial charge in [0, 0.05) is 0 Å². The van der Waals surface area contributed by atoms with Crippen LogP contribution in [0.5, 0.6) is 11.5 Å². The van der Waals surface area contributed by atoms with E-state index in [9.17, 15) is 18.0 Å². The fourth-order valence-corrected chi connectivity index (χ4v) is 2.73. The van der Waals surface area contributed by atoms with Gasteiger partial charge in [-0.1, -0.05) is 12.1 Å². The maximum absolute atomic E-state index is 12.6. The smallest absolute Gasteiger partial charge is 0.497 e. The van der Waals surface area contributed by atoms with Crippen molar-refractivity contribution in [1.29, 1.82) is 0 Å². The number of halogens is 3. The Hall–Kier alpha value is -3.07. The standard InChI is InChI=1S/C18H13F3N2O3S/c1-25-13-6-2-11(3-7-13)10-15-16(24)23(17(27)22-15)12-4-8-14(9-5-12)26-18(19,20)21/h2-10H,1H3,(H,22,27)/b15-10-. The van der Waals surface area contributed by atoms with Crippen LogP contribution in [-0.4, -0.2) is 24.5 Å². The van der Waals surface area contributed by atoms with Crippen molar-refractivity contribution in [1.82, 2.24) is 5.32 Å². The van der Waals surface area contributed by atoms with Crippen molar-refractivity contribution in [3.63, 3.8) is 0 Å². The van der Waals surface area contributed by atoms with Crippen LogP contribution in [0, 0.1) is 0 Å². The summed E-state index contributed by atoms with van der Waals surface area (Å²) in [6, 6.07) is 11.9. The number of alkyl halides is 3. The van der Waals surface area contributed by atoms with E-state index in [2.05, 4.69) is 10.1 Å². The molecule has 0 spiro atoms. The Morgan fingerprint density at radius 3 is 2.19 bits per heavy atom. The molecule has 1 N–H and O–H groups in total. The number of carbonyl (C=O) groups excluding carboxylic acids is 1. The van der Waals surface area contributed by atoms with Crippen molar-refractivity contribution in [3.05, 3.63) is 59.8 Å². The normalized spacial score (nSPS) is 15.9. The minimum Gasteiger partial charge on any atom is -0.497 e. The first-order valence-electron chi connectivity index (χ1n) is 7.64. The van der Waals surface area contributed by atoms with Crippen molar-refractivity contribution in [2.75, 3.05) is 12.0 Å². The summed E-state index contributed by atoms with van der Waals surface area (Å²) in [6.07, 6.45) is -3.16. The summed E-state index contributed by atoms with van der Waals surface area (Å²) in [5.74, 6) is -0.118. The van der Waals surface area contributed by atoms with Gasteiger partial charge in [0.25, 0.3) is 5.91 Å². The van der Waals surface area contributed by atoms with Crippen molar-refractivity contribution in [2.45, 2.75) is 6.36 Å². The number of ether oxygens (including phenoxy) is 2. The first-order chi connectivity index (χ1) is 12.8. The van der Waals surface area contributed by atoms with Crippen LogP contribution in [0.1, 0.15) is 5.56 Å². The second-order valence-electron chi connectivity index (χ2n) is 5.44. The summed E-state index contributed by atoms with van der Waals surface area (Å²) < 4.78 is 45.6. The zero-order valence-corrected chi connectivity index (χ0v) is 14.7. The van der Waals surface area contributed by atoms with Gasteiger partial charge in [-0.3, -0.25) is 9.69 Å². The average molecular weight is 394 g/mol. The lowest BCUT2D eigenvalue weighted by Crippen LogP contribution is -2.30. The molecule has 5 nitrogen and oxygen atoms in total. The van der Waals surface area contributed by atoms with Gasteiger partial charge in [0.15, 0.2) is 5.11 Å². The van der Waals surface area contributed by atoms with Gasteiger partial charge in [0.1, 0.15) is 17.2 Å². The Morgan fingerprint density at radius 2 is 1.63 bits per heavy atom. The molecule has 27 heavy (non-hydrogen) atoms. The van der Waals surface area contributed by atoms with E-state index in [4.69, 9.17) is 17.0 Å². The number of rotatable bonds is 4. The predicted octanol–water partition coefficient (Wildman–Crippen LogP) is 3.86. The van der Waals surface area contributed by atoms with Gasteiger partial charge in [-0.15, -0.1) is 13.2 Å². The molecule has 140 valence electrons. The molecule has 0 aromatic heterocycles. The Kier molecular flexibility index (Phi) is 5.04. The Bertz CT molecular complexity index is 894. The number of amides is 1. The van der Waals surface area contributed by atoms with E-state index in [-0.39, 0.29) is 16.6 Å². The third kappa shape index (κ3) is 4.37. The first kappa shape index (κ1) is 18.7. The van der Waals surface area contributed by atoms with E-state index in [1.807, 2.05) is 0 Å². The van der Waals surface area contributed by atoms with Crippen molar-refractivity contribution in [2.24, 2.45) is 0 Å². The third-order valence-corrected chi connectivity index (χ3v) is 3.92. The summed E-state index contributed by atoms with van der Waals surface area (Å²) in [4.78, 5) is 13.8. The van der Waals surface area contributed by atoms with Crippen LogP contribution in [-0.2, 0) is 4.79 Å². The predicted molar refractivity (Wildman–Crippen MR) is 97.3 cm³/mol. The molecule has 1 amide bonds. The fraction of sp³-hybridized carbons (Fsp3) is 0.111. The molecule has 0 saturated carbocycles. The zero-order valence-electron chi connectivity index (χ0n) is 13.9. The Balaban J connectivity index is 1.80. The number of anilines is 1. The highest BCUT2D eigenvalue weighted by Crippen LogP contribution is 2.28. The summed E-state index contributed by atoms with van der Waals surface area (Å²) >= 11 is 5.17. The molecular formula is C18H13F3N2O3S. The Morgan fingerprint density at radius 1 is 1.04 bits per heavy atom. The minimum atomic E-state index is -4.78. The van der Waals surface area contributed by atoms with Crippen LogP contribution in [0.2, 0.25) is 0 Å². The van der Waals surface area contributed by atoms with E-state index in [0.717, 1.165) is 17.7 Å². The van der Waals surface area contributed by atoms with E-state index < -0.39 is 12.3 Å². The molecule has 1 aliphatic rings. The van der Waals surface area contributed by atoms with Gasteiger partial charge in [-0.2, -0.15) is 0 Å². The third-order valence-electron chi connectivity index (χ3n) is 3.63. The van der Waals surface area contributed by atoms with Gasteiger partial charge in [-0.05, 0) is 60.3 Å². The second-order valence-corrected chi connectivity index (χ2v) is 5.83. The summed E-state index contributed by atoms with van der Waals surface area (Å²) in [7, 11) is 1.55. The van der Waals surface area contributed by atoms with Crippen molar-refractivity contribution < 1.29 is 27.4 Å². The molecule has 1 heterocycles. The molecule has 1 saturated heterocycles. The quantitative estimate of drug-likeness (QED) is 0.631. The fourth-order valence-electron chi connectivity index (χ4n) is 2.43. The zero-order chi connectivity index (χ0) is 19.6. The van der Waals surface area contributed by atoms with Gasteiger partial charge in [-0.25, -0.2) is 0 Å². The summed E-state index contributed by atoms with van der Waals surface area (Å²) in [5.41, 5.74) is 1.33. The maximum atomic E-state index is 12.6. The molecule has 1 fully saturated rings. The molecular weight excluding hydrogens is 381 g/mol. The lowest BCUT2D eigenvalue weighted by Gasteiger charge is -2.15. The molecule has 0 unspecified atom stereocenters. The number of hydrogen-bond acceptors (Lipinski definition) is 4. The molecule has 0 aliphatic carbocycles. The van der Waals surface area contributed by atoms with Crippen LogP contribution >= 0.6 is 12.2 Å². The molecule has 3 rings (SSSR count). The summed E-state index contributed by atoms with van der Waals surface area (Å²) in [5, 5.41) is 2.94. The van der Waals surface area contributed by atoms with Crippen LogP contribution < -0.4 is 19.7 Å². The lowest BCUT2D eigenvalue weighted by atomic mass is 10.2. The van der Waals surface area contributed by atoms with Crippen LogP contribution in [0.15, 0.2) is 54.2 Å². The molecule has 0 bridgehead atoms. The Labute approximate surface area is 158 Å². The molecule has 0 radical (unpaired) electrons. The van der Waals surface area contributed by atoms with E-state index in [1.54, 1.807) is 37.5 Å². The lowest BCUT2D eigenvalue weighted by molar-refractivity contribution is -0.274. The largest absolute Gasteiger partial charge is 0.573 e. The highest BCUT2D eigenvalue weighted by Gasteiger charge is 2.33. The average Bonchev–Trinajstić information content (AvgIpc) is 2.89. The minimum absolute atomic E-state index is 0.129. The SMILES string of the molecule is COc1ccc(/C=C2\NC(=S)N(c3ccc(OC(F)(F)F)cc3)C2=O)cc1. The van der Waals surface area contributed by atoms with Gasteiger partial charge in [0.05, 0.1) is 12.8 Å². The topological polar surface area (TPSA) is 50.8 Å². The number of thiocarbonyl (C=S) groups is 1. The second kappa shape index (κ2) is 7.28. The number of hydrogen-bond donors (Lipinski definition) is 1. The molecule has 2 aromatic rings. The number of benzene rings is 2. The van der Waals surface area contributed by atoms with E-state index >= 15 is 0 Å². The van der Waals surface area contributed by atoms with Gasteiger partial charge in [0.2, 0.25) is 0 Å². The van der Waals surface area contributed by atoms with Crippen LogP contribution in [0.4, 0.5) is 18.9 Å². The van der Waals surface area contributed by atoms with Crippen LogP contribution in [0.3, 0.4) is 0 Å². The van der Waals surface area contributed by atoms with Crippen molar-refractivity contribution >= 4 is 35.0 Å². The number of methoxy groups -OCH3 is 1. The first-order valence-corrected chi connectivity index (χ1v) is 8.04. The molecule has 1 aliphatic heterocycles. The highest BCUT2D eigenvalue weighted by molar-refractivity contribution is 7.80. The van der Waals surface area contributed by atoms with E-state index in [1.165, 1.54) is 17.0 Å². The molecule has 9 heteroatoms. The van der Waals surface area contributed by atoms with Gasteiger partial charge >= 0.3 is 6.36 Å². The number of nitrogens with zero attached hydrogens (tertiary/aromatic N) is 1. The highest BCUT2D eigenvalue weighted by atomic mass is 32.1. The van der Waals surface area contributed by atoms with Gasteiger partial charge < -0.3 is 14.8 Å². The number of carbonyl (C=O) groups is 1. The van der Waals surface area contributed by atoms with Crippen LogP contribution in [0.25, 0.3) is 6.08 Å². The molecule has 2 aromatic carbocycles. The van der Waals surface area contributed by atoms with Crippen molar-refractivity contribution in [3.8, 4) is 11.5 Å². The molecule has 0 atom stereocenters.